The van der Waals surface area contributed by atoms with Crippen LogP contribution in [0.15, 0.2) is 24.3 Å². The molecule has 0 spiro atoms. The van der Waals surface area contributed by atoms with E-state index >= 15 is 0 Å². The third-order valence-corrected chi connectivity index (χ3v) is 5.33. The summed E-state index contributed by atoms with van der Waals surface area (Å²) in [4.78, 5) is 24.5. The molecule has 3 rings (SSSR count). The molecule has 2 saturated heterocycles. The van der Waals surface area contributed by atoms with E-state index in [0.29, 0.717) is 36.6 Å². The number of ether oxygens (including phenoxy) is 1. The minimum absolute atomic E-state index is 0. The number of rotatable bonds is 7. The highest BCUT2D eigenvalue weighted by atomic mass is 35.5. The molecule has 0 saturated carbocycles. The van der Waals surface area contributed by atoms with Crippen molar-refractivity contribution in [3.05, 3.63) is 35.6 Å². The maximum Gasteiger partial charge on any atom is 0.308 e. The molecule has 5 nitrogen and oxygen atoms in total. The topological polar surface area (TPSA) is 67.4 Å². The normalized spacial score (nSPS) is 24.6. The summed E-state index contributed by atoms with van der Waals surface area (Å²) in [6.07, 6.45) is 4.97. The second-order valence-electron chi connectivity index (χ2n) is 7.36. The van der Waals surface area contributed by atoms with Gasteiger partial charge in [-0.3, -0.25) is 9.59 Å². The third-order valence-electron chi connectivity index (χ3n) is 5.33. The monoisotopic (exact) mass is 398 g/mol. The van der Waals surface area contributed by atoms with Gasteiger partial charge in [0.25, 0.3) is 0 Å². The lowest BCUT2D eigenvalue weighted by molar-refractivity contribution is -0.143. The molecular formula is C20H28ClFN2O3. The predicted molar refractivity (Wildman–Crippen MR) is 103 cm³/mol. The first-order valence-corrected chi connectivity index (χ1v) is 9.50. The highest BCUT2D eigenvalue weighted by Crippen LogP contribution is 2.32. The summed E-state index contributed by atoms with van der Waals surface area (Å²) in [6, 6.07) is 6.46. The number of amides is 1. The van der Waals surface area contributed by atoms with Gasteiger partial charge >= 0.3 is 5.97 Å². The number of piperidine rings is 1. The lowest BCUT2D eigenvalue weighted by Crippen LogP contribution is -2.40. The quantitative estimate of drug-likeness (QED) is 0.692. The van der Waals surface area contributed by atoms with Crippen molar-refractivity contribution in [1.82, 2.24) is 10.6 Å². The molecule has 1 amide bonds. The van der Waals surface area contributed by atoms with Gasteiger partial charge in [-0.25, -0.2) is 4.39 Å². The van der Waals surface area contributed by atoms with Crippen molar-refractivity contribution in [1.29, 1.82) is 0 Å². The van der Waals surface area contributed by atoms with Gasteiger partial charge in [0.2, 0.25) is 5.91 Å². The van der Waals surface area contributed by atoms with E-state index in [4.69, 9.17) is 4.74 Å². The van der Waals surface area contributed by atoms with Crippen LogP contribution in [-0.4, -0.2) is 30.6 Å². The first-order valence-electron chi connectivity index (χ1n) is 9.50. The molecule has 3 atom stereocenters. The molecule has 1 aromatic rings. The van der Waals surface area contributed by atoms with Crippen LogP contribution in [0.4, 0.5) is 4.39 Å². The lowest BCUT2D eigenvalue weighted by Gasteiger charge is -2.29. The molecule has 0 aromatic heterocycles. The van der Waals surface area contributed by atoms with Crippen LogP contribution in [0.2, 0.25) is 0 Å². The molecule has 2 fully saturated rings. The van der Waals surface area contributed by atoms with Gasteiger partial charge in [-0.05, 0) is 56.2 Å². The summed E-state index contributed by atoms with van der Waals surface area (Å²) in [6.45, 7) is 2.04. The van der Waals surface area contributed by atoms with Crippen LogP contribution in [0.3, 0.4) is 0 Å². The number of carbonyl (C=O) groups is 2. The highest BCUT2D eigenvalue weighted by molar-refractivity contribution is 5.85. The van der Waals surface area contributed by atoms with Crippen LogP contribution in [0, 0.1) is 11.7 Å². The number of benzene rings is 1. The Morgan fingerprint density at radius 2 is 1.85 bits per heavy atom. The summed E-state index contributed by atoms with van der Waals surface area (Å²) in [5.74, 6) is -0.401. The lowest BCUT2D eigenvalue weighted by atomic mass is 9.89. The Labute approximate surface area is 165 Å². The van der Waals surface area contributed by atoms with E-state index in [1.54, 1.807) is 19.1 Å². The van der Waals surface area contributed by atoms with E-state index in [-0.39, 0.29) is 36.5 Å². The molecule has 27 heavy (non-hydrogen) atoms. The Hall–Kier alpha value is -1.66. The largest absolute Gasteiger partial charge is 0.466 e. The molecule has 3 unspecified atom stereocenters. The zero-order valence-electron chi connectivity index (χ0n) is 15.6. The molecule has 2 N–H and O–H groups in total. The Morgan fingerprint density at radius 1 is 1.22 bits per heavy atom. The molecule has 1 aromatic carbocycles. The van der Waals surface area contributed by atoms with Gasteiger partial charge in [-0.15, -0.1) is 12.4 Å². The number of hydrogen-bond donors (Lipinski definition) is 2. The average molecular weight is 399 g/mol. The second kappa shape index (κ2) is 10.0. The maximum atomic E-state index is 13.2. The number of hydrogen-bond acceptors (Lipinski definition) is 4. The van der Waals surface area contributed by atoms with E-state index in [9.17, 15) is 14.0 Å². The fraction of sp³-hybridized carbons (Fsp3) is 0.600. The molecule has 2 heterocycles. The van der Waals surface area contributed by atoms with Crippen molar-refractivity contribution in [2.75, 3.05) is 6.61 Å². The van der Waals surface area contributed by atoms with Crippen LogP contribution in [0.5, 0.6) is 0 Å². The Balaban J connectivity index is 0.00000261. The predicted octanol–water partition coefficient (Wildman–Crippen LogP) is 3.28. The number of nitrogens with one attached hydrogen (secondary N) is 2. The summed E-state index contributed by atoms with van der Waals surface area (Å²) in [5, 5.41) is 6.53. The van der Waals surface area contributed by atoms with E-state index in [0.717, 1.165) is 12.8 Å². The number of carbonyl (C=O) groups excluding carboxylic acids is 2. The van der Waals surface area contributed by atoms with E-state index in [1.165, 1.54) is 25.0 Å². The van der Waals surface area contributed by atoms with Gasteiger partial charge < -0.3 is 15.4 Å². The molecule has 2 aliphatic rings. The molecule has 150 valence electrons. The maximum absolute atomic E-state index is 13.2. The van der Waals surface area contributed by atoms with E-state index in [1.807, 2.05) is 0 Å². The van der Waals surface area contributed by atoms with Crippen molar-refractivity contribution in [2.45, 2.75) is 63.6 Å². The number of halogens is 2. The minimum Gasteiger partial charge on any atom is -0.466 e. The molecule has 7 heteroatoms. The summed E-state index contributed by atoms with van der Waals surface area (Å²) in [5.41, 5.74) is 0.707. The van der Waals surface area contributed by atoms with E-state index in [2.05, 4.69) is 10.6 Å². The Morgan fingerprint density at radius 3 is 2.44 bits per heavy atom. The van der Waals surface area contributed by atoms with Crippen molar-refractivity contribution >= 4 is 24.3 Å². The van der Waals surface area contributed by atoms with Crippen LogP contribution in [-0.2, 0) is 14.3 Å². The van der Waals surface area contributed by atoms with Crippen molar-refractivity contribution in [3.8, 4) is 0 Å². The first kappa shape index (κ1) is 21.6. The summed E-state index contributed by atoms with van der Waals surface area (Å²) >= 11 is 0. The fourth-order valence-corrected chi connectivity index (χ4v) is 4.19. The third kappa shape index (κ3) is 6.18. The van der Waals surface area contributed by atoms with Crippen LogP contribution >= 0.6 is 12.4 Å². The molecular weight excluding hydrogens is 371 g/mol. The second-order valence-corrected chi connectivity index (χ2v) is 7.36. The summed E-state index contributed by atoms with van der Waals surface area (Å²) < 4.78 is 18.2. The molecule has 0 radical (unpaired) electrons. The van der Waals surface area contributed by atoms with Crippen LogP contribution in [0.25, 0.3) is 0 Å². The number of fused-ring (bicyclic) bond motifs is 2. The van der Waals surface area contributed by atoms with Gasteiger partial charge in [-0.2, -0.15) is 0 Å². The van der Waals surface area contributed by atoms with Crippen molar-refractivity contribution in [3.63, 3.8) is 0 Å². The van der Waals surface area contributed by atoms with Gasteiger partial charge in [0.05, 0.1) is 19.1 Å². The highest BCUT2D eigenvalue weighted by Gasteiger charge is 2.34. The van der Waals surface area contributed by atoms with Gasteiger partial charge in [0.15, 0.2) is 0 Å². The van der Waals surface area contributed by atoms with Crippen LogP contribution < -0.4 is 10.6 Å². The Kier molecular flexibility index (Phi) is 8.05. The van der Waals surface area contributed by atoms with Crippen molar-refractivity contribution < 1.29 is 18.7 Å². The standard InChI is InChI=1S/C20H27FN2O3.ClH/c1-2-26-20(25)12-18(14-3-5-15(21)6-4-14)23-19(24)11-13-9-16-7-8-17(10-13)22-16;/h3-6,13,16-18,22H,2,7-12H2,1H3,(H,23,24);1H. The molecule has 2 bridgehead atoms. The van der Waals surface area contributed by atoms with E-state index < -0.39 is 6.04 Å². The number of esters is 1. The first-order chi connectivity index (χ1) is 12.5. The SMILES string of the molecule is CCOC(=O)CC(NC(=O)CC1CC2CCC(C1)N2)c1ccc(F)cc1.Cl. The Bertz CT molecular complexity index is 629. The fourth-order valence-electron chi connectivity index (χ4n) is 4.19. The van der Waals surface area contributed by atoms with Gasteiger partial charge in [-0.1, -0.05) is 12.1 Å². The van der Waals surface area contributed by atoms with Gasteiger partial charge in [0, 0.05) is 18.5 Å². The van der Waals surface area contributed by atoms with Crippen molar-refractivity contribution in [2.24, 2.45) is 5.92 Å². The summed E-state index contributed by atoms with van der Waals surface area (Å²) in [7, 11) is 0. The average Bonchev–Trinajstić information content (AvgIpc) is 2.93. The van der Waals surface area contributed by atoms with Crippen LogP contribution in [0.1, 0.15) is 57.1 Å². The van der Waals surface area contributed by atoms with Gasteiger partial charge in [0.1, 0.15) is 5.82 Å². The zero-order valence-corrected chi connectivity index (χ0v) is 16.4. The molecule has 2 aliphatic heterocycles. The minimum atomic E-state index is -0.499. The molecule has 0 aliphatic carbocycles. The smallest absolute Gasteiger partial charge is 0.308 e. The zero-order chi connectivity index (χ0) is 18.5.